The minimum atomic E-state index is -0.458. The normalized spacial score (nSPS) is 16.4. The van der Waals surface area contributed by atoms with Gasteiger partial charge in [-0.1, -0.05) is 0 Å². The van der Waals surface area contributed by atoms with Gasteiger partial charge in [0.2, 0.25) is 5.91 Å². The fourth-order valence-electron chi connectivity index (χ4n) is 2.84. The first-order valence-electron chi connectivity index (χ1n) is 10.4. The molecule has 0 atom stereocenters. The van der Waals surface area contributed by atoms with Crippen LogP contribution in [0.3, 0.4) is 0 Å². The molecule has 168 valence electrons. The molecule has 0 radical (unpaired) electrons. The van der Waals surface area contributed by atoms with Gasteiger partial charge in [0.05, 0.1) is 6.54 Å². The van der Waals surface area contributed by atoms with E-state index in [-0.39, 0.29) is 24.1 Å². The number of rotatable bonds is 6. The molecule has 9 heteroatoms. The van der Waals surface area contributed by atoms with Gasteiger partial charge in [-0.15, -0.1) is 0 Å². The van der Waals surface area contributed by atoms with Crippen LogP contribution in [0.25, 0.3) is 0 Å². The van der Waals surface area contributed by atoms with Crippen molar-refractivity contribution in [2.24, 2.45) is 4.99 Å². The van der Waals surface area contributed by atoms with Crippen LogP contribution >= 0.6 is 0 Å². The summed E-state index contributed by atoms with van der Waals surface area (Å²) in [5.74, 6) is 0.548. The van der Waals surface area contributed by atoms with Gasteiger partial charge < -0.3 is 25.6 Å². The molecule has 1 rings (SSSR count). The highest BCUT2D eigenvalue weighted by atomic mass is 16.6. The third-order valence-corrected chi connectivity index (χ3v) is 4.12. The van der Waals surface area contributed by atoms with Crippen LogP contribution in [0.1, 0.15) is 48.0 Å². The minimum Gasteiger partial charge on any atom is -0.444 e. The molecule has 0 aromatic rings. The van der Waals surface area contributed by atoms with Gasteiger partial charge in [0.25, 0.3) is 0 Å². The van der Waals surface area contributed by atoms with Crippen LogP contribution < -0.4 is 16.0 Å². The van der Waals surface area contributed by atoms with Crippen LogP contribution in [-0.4, -0.2) is 91.8 Å². The first-order valence-corrected chi connectivity index (χ1v) is 10.4. The summed E-state index contributed by atoms with van der Waals surface area (Å²) in [5, 5.41) is 9.15. The van der Waals surface area contributed by atoms with Crippen LogP contribution in [0.15, 0.2) is 4.99 Å². The summed E-state index contributed by atoms with van der Waals surface area (Å²) in [7, 11) is 1.69. The average molecular weight is 413 g/mol. The molecule has 3 N–H and O–H groups in total. The van der Waals surface area contributed by atoms with Crippen molar-refractivity contribution in [2.75, 3.05) is 52.9 Å². The van der Waals surface area contributed by atoms with Gasteiger partial charge in [-0.05, 0) is 54.5 Å². The molecular weight excluding hydrogens is 372 g/mol. The van der Waals surface area contributed by atoms with Crippen LogP contribution in [0.5, 0.6) is 0 Å². The van der Waals surface area contributed by atoms with Crippen molar-refractivity contribution in [3.8, 4) is 0 Å². The van der Waals surface area contributed by atoms with Crippen molar-refractivity contribution >= 4 is 18.0 Å². The largest absolute Gasteiger partial charge is 0.444 e. The van der Waals surface area contributed by atoms with Gasteiger partial charge in [-0.3, -0.25) is 14.7 Å². The number of nitrogens with zero attached hydrogens (tertiary/aromatic N) is 3. The number of carbonyl (C=O) groups excluding carboxylic acids is 2. The third-order valence-electron chi connectivity index (χ3n) is 4.12. The molecule has 0 aromatic heterocycles. The van der Waals surface area contributed by atoms with Gasteiger partial charge >= 0.3 is 6.09 Å². The first kappa shape index (κ1) is 25.0. The highest BCUT2D eigenvalue weighted by Gasteiger charge is 2.25. The van der Waals surface area contributed by atoms with Gasteiger partial charge in [-0.25, -0.2) is 4.79 Å². The van der Waals surface area contributed by atoms with Crippen molar-refractivity contribution in [1.82, 2.24) is 25.8 Å². The van der Waals surface area contributed by atoms with E-state index < -0.39 is 5.60 Å². The molecule has 29 heavy (non-hydrogen) atoms. The van der Waals surface area contributed by atoms with E-state index in [1.54, 1.807) is 11.9 Å². The maximum absolute atomic E-state index is 12.1. The Balaban J connectivity index is 2.20. The van der Waals surface area contributed by atoms with Gasteiger partial charge in [0.15, 0.2) is 5.96 Å². The molecule has 1 aliphatic rings. The Kier molecular flexibility index (Phi) is 9.68. The Bertz CT molecular complexity index is 558. The Morgan fingerprint density at radius 1 is 1.00 bits per heavy atom. The molecule has 0 aromatic carbocycles. The number of nitrogens with one attached hydrogen (secondary N) is 3. The molecule has 1 saturated heterocycles. The Morgan fingerprint density at radius 3 is 2.14 bits per heavy atom. The lowest BCUT2D eigenvalue weighted by Gasteiger charge is -2.35. The number of amides is 2. The molecule has 0 unspecified atom stereocenters. The van der Waals surface area contributed by atoms with Crippen molar-refractivity contribution in [3.63, 3.8) is 0 Å². The minimum absolute atomic E-state index is 0.0664. The van der Waals surface area contributed by atoms with E-state index in [9.17, 15) is 9.59 Å². The molecule has 1 aliphatic heterocycles. The summed E-state index contributed by atoms with van der Waals surface area (Å²) in [6, 6.07) is 0. The van der Waals surface area contributed by atoms with E-state index in [1.807, 2.05) is 41.5 Å². The van der Waals surface area contributed by atoms with E-state index in [1.165, 1.54) is 0 Å². The monoisotopic (exact) mass is 412 g/mol. The zero-order valence-corrected chi connectivity index (χ0v) is 19.2. The number of carbonyl (C=O) groups is 2. The standard InChI is InChI=1S/C20H40N6O3/c1-19(2,3)24-16(27)15-23-17(21-7)22-9-8-10-25-11-13-26(14-12-25)18(28)29-20(4,5)6/h8-15H2,1-7H3,(H,24,27)(H2,21,22,23). The van der Waals surface area contributed by atoms with E-state index in [0.29, 0.717) is 19.0 Å². The van der Waals surface area contributed by atoms with Crippen LogP contribution in [-0.2, 0) is 9.53 Å². The number of piperazine rings is 1. The predicted molar refractivity (Wildman–Crippen MR) is 116 cm³/mol. The van der Waals surface area contributed by atoms with Crippen LogP contribution in [0, 0.1) is 0 Å². The topological polar surface area (TPSA) is 98.3 Å². The molecule has 0 aliphatic carbocycles. The summed E-state index contributed by atoms with van der Waals surface area (Å²) in [4.78, 5) is 32.2. The highest BCUT2D eigenvalue weighted by Crippen LogP contribution is 2.11. The van der Waals surface area contributed by atoms with Crippen molar-refractivity contribution in [1.29, 1.82) is 0 Å². The van der Waals surface area contributed by atoms with E-state index in [4.69, 9.17) is 4.74 Å². The molecule has 0 spiro atoms. The number of aliphatic imine (C=N–C) groups is 1. The summed E-state index contributed by atoms with van der Waals surface area (Å²) in [6.07, 6.45) is 0.714. The third kappa shape index (κ3) is 11.5. The predicted octanol–water partition coefficient (Wildman–Crippen LogP) is 1.01. The van der Waals surface area contributed by atoms with E-state index >= 15 is 0 Å². The van der Waals surface area contributed by atoms with Gasteiger partial charge in [0.1, 0.15) is 5.60 Å². The van der Waals surface area contributed by atoms with Gasteiger partial charge in [-0.2, -0.15) is 0 Å². The van der Waals surface area contributed by atoms with Crippen molar-refractivity contribution in [3.05, 3.63) is 0 Å². The van der Waals surface area contributed by atoms with E-state index in [0.717, 1.165) is 32.6 Å². The molecule has 2 amide bonds. The van der Waals surface area contributed by atoms with Gasteiger partial charge in [0, 0.05) is 45.3 Å². The lowest BCUT2D eigenvalue weighted by molar-refractivity contribution is -0.121. The molecule has 9 nitrogen and oxygen atoms in total. The lowest BCUT2D eigenvalue weighted by atomic mass is 10.1. The summed E-state index contributed by atoms with van der Waals surface area (Å²) >= 11 is 0. The lowest BCUT2D eigenvalue weighted by Crippen LogP contribution is -2.50. The zero-order valence-electron chi connectivity index (χ0n) is 19.2. The summed E-state index contributed by atoms with van der Waals surface area (Å²) in [6.45, 7) is 16.5. The summed E-state index contributed by atoms with van der Waals surface area (Å²) < 4.78 is 5.43. The first-order chi connectivity index (χ1) is 13.4. The highest BCUT2D eigenvalue weighted by molar-refractivity contribution is 5.86. The zero-order chi connectivity index (χ0) is 22.1. The molecule has 0 saturated carbocycles. The fourth-order valence-corrected chi connectivity index (χ4v) is 2.84. The second-order valence-electron chi connectivity index (χ2n) is 9.31. The number of ether oxygens (including phenoxy) is 1. The quantitative estimate of drug-likeness (QED) is 0.342. The van der Waals surface area contributed by atoms with Crippen molar-refractivity contribution in [2.45, 2.75) is 59.1 Å². The Hall–Kier alpha value is -2.03. The molecule has 1 heterocycles. The molecular formula is C20H40N6O3. The SMILES string of the molecule is CN=C(NCCCN1CCN(C(=O)OC(C)(C)C)CC1)NCC(=O)NC(C)(C)C. The smallest absolute Gasteiger partial charge is 0.410 e. The Morgan fingerprint density at radius 2 is 1.62 bits per heavy atom. The number of guanidine groups is 1. The average Bonchev–Trinajstić information content (AvgIpc) is 2.58. The van der Waals surface area contributed by atoms with E-state index in [2.05, 4.69) is 25.8 Å². The van der Waals surface area contributed by atoms with Crippen LogP contribution in [0.4, 0.5) is 4.79 Å². The van der Waals surface area contributed by atoms with Crippen molar-refractivity contribution < 1.29 is 14.3 Å². The Labute approximate surface area is 175 Å². The maximum atomic E-state index is 12.1. The fraction of sp³-hybridized carbons (Fsp3) is 0.850. The second kappa shape index (κ2) is 11.2. The molecule has 1 fully saturated rings. The number of hydrogen-bond acceptors (Lipinski definition) is 5. The van der Waals surface area contributed by atoms with Crippen LogP contribution in [0.2, 0.25) is 0 Å². The second-order valence-corrected chi connectivity index (χ2v) is 9.31. The maximum Gasteiger partial charge on any atom is 0.410 e. The molecule has 0 bridgehead atoms. The summed E-state index contributed by atoms with van der Waals surface area (Å²) in [5.41, 5.74) is -0.705. The number of hydrogen-bond donors (Lipinski definition) is 3.